The third-order valence-corrected chi connectivity index (χ3v) is 4.40. The van der Waals surface area contributed by atoms with Gasteiger partial charge in [-0.15, -0.1) is 11.3 Å². The van der Waals surface area contributed by atoms with Gasteiger partial charge in [0, 0.05) is 6.04 Å². The maximum Gasteiger partial charge on any atom is 0.261 e. The molecule has 2 atom stereocenters. The maximum atomic E-state index is 12.2. The van der Waals surface area contributed by atoms with E-state index in [2.05, 4.69) is 31.0 Å². The Labute approximate surface area is 125 Å². The van der Waals surface area contributed by atoms with Crippen LogP contribution in [0.15, 0.2) is 6.07 Å². The number of nitrogens with one attached hydrogen (secondary N) is 1. The van der Waals surface area contributed by atoms with Crippen molar-refractivity contribution in [3.63, 3.8) is 0 Å². The lowest BCUT2D eigenvalue weighted by molar-refractivity contribution is 0.0939. The van der Waals surface area contributed by atoms with E-state index in [9.17, 15) is 4.79 Å². The van der Waals surface area contributed by atoms with Crippen LogP contribution < -0.4 is 5.32 Å². The fraction of sp³-hybridized carbons (Fsp3) is 0.562. The Balaban J connectivity index is 2.68. The second-order valence-electron chi connectivity index (χ2n) is 5.21. The number of aliphatic hydroxyl groups excluding tert-OH is 1. The van der Waals surface area contributed by atoms with Crippen LogP contribution in [0.5, 0.6) is 0 Å². The van der Waals surface area contributed by atoms with Gasteiger partial charge in [0.15, 0.2) is 0 Å². The van der Waals surface area contributed by atoms with Gasteiger partial charge in [0.2, 0.25) is 0 Å². The number of aryl methyl sites for hydroxylation is 1. The Hall–Kier alpha value is -1.31. The molecule has 20 heavy (non-hydrogen) atoms. The van der Waals surface area contributed by atoms with Gasteiger partial charge in [0.25, 0.3) is 5.91 Å². The SMILES string of the molecule is CCC(C)CC(C)NC(=O)c1cc(C)c(C#CCO)s1. The topological polar surface area (TPSA) is 49.3 Å². The zero-order valence-corrected chi connectivity index (χ0v) is 13.4. The van der Waals surface area contributed by atoms with E-state index in [0.29, 0.717) is 10.8 Å². The van der Waals surface area contributed by atoms with E-state index in [0.717, 1.165) is 23.3 Å². The summed E-state index contributed by atoms with van der Waals surface area (Å²) in [5, 5.41) is 11.7. The smallest absolute Gasteiger partial charge is 0.261 e. The lowest BCUT2D eigenvalue weighted by Gasteiger charge is -2.16. The lowest BCUT2D eigenvalue weighted by atomic mass is 10.0. The Kier molecular flexibility index (Phi) is 6.77. The highest BCUT2D eigenvalue weighted by atomic mass is 32.1. The van der Waals surface area contributed by atoms with Gasteiger partial charge in [-0.05, 0) is 37.8 Å². The van der Waals surface area contributed by atoms with Gasteiger partial charge in [-0.2, -0.15) is 0 Å². The zero-order valence-electron chi connectivity index (χ0n) is 12.6. The number of carbonyl (C=O) groups excluding carboxylic acids is 1. The third kappa shape index (κ3) is 4.99. The van der Waals surface area contributed by atoms with Crippen LogP contribution in [0.1, 0.15) is 53.7 Å². The average Bonchev–Trinajstić information content (AvgIpc) is 2.77. The Morgan fingerprint density at radius 3 is 2.80 bits per heavy atom. The number of rotatable bonds is 5. The summed E-state index contributed by atoms with van der Waals surface area (Å²) in [5.74, 6) is 6.06. The molecular weight excluding hydrogens is 270 g/mol. The summed E-state index contributed by atoms with van der Waals surface area (Å²) in [6.07, 6.45) is 2.11. The molecule has 0 bridgehead atoms. The molecule has 0 spiro atoms. The monoisotopic (exact) mass is 293 g/mol. The van der Waals surface area contributed by atoms with Crippen LogP contribution in [0.3, 0.4) is 0 Å². The normalized spacial score (nSPS) is 13.2. The molecule has 3 nitrogen and oxygen atoms in total. The first-order valence-electron chi connectivity index (χ1n) is 6.98. The number of aliphatic hydroxyl groups is 1. The number of carbonyl (C=O) groups is 1. The number of amides is 1. The Bertz CT molecular complexity index is 510. The van der Waals surface area contributed by atoms with Crippen molar-refractivity contribution < 1.29 is 9.90 Å². The molecule has 0 radical (unpaired) electrons. The minimum atomic E-state index is -0.162. The van der Waals surface area contributed by atoms with Gasteiger partial charge < -0.3 is 10.4 Å². The van der Waals surface area contributed by atoms with Crippen molar-refractivity contribution in [2.24, 2.45) is 5.92 Å². The quantitative estimate of drug-likeness (QED) is 0.820. The van der Waals surface area contributed by atoms with Gasteiger partial charge >= 0.3 is 0 Å². The summed E-state index contributed by atoms with van der Waals surface area (Å²) >= 11 is 1.38. The van der Waals surface area contributed by atoms with Gasteiger partial charge in [-0.25, -0.2) is 0 Å². The molecule has 1 heterocycles. The van der Waals surface area contributed by atoms with Crippen molar-refractivity contribution in [1.82, 2.24) is 5.32 Å². The average molecular weight is 293 g/mol. The van der Waals surface area contributed by atoms with Crippen molar-refractivity contribution in [2.75, 3.05) is 6.61 Å². The van der Waals surface area contributed by atoms with E-state index in [1.54, 1.807) is 0 Å². The van der Waals surface area contributed by atoms with Crippen LogP contribution in [-0.4, -0.2) is 23.7 Å². The minimum Gasteiger partial charge on any atom is -0.384 e. The molecule has 4 heteroatoms. The van der Waals surface area contributed by atoms with E-state index in [-0.39, 0.29) is 18.6 Å². The van der Waals surface area contributed by atoms with Crippen LogP contribution in [0, 0.1) is 24.7 Å². The highest BCUT2D eigenvalue weighted by molar-refractivity contribution is 7.14. The summed E-state index contributed by atoms with van der Waals surface area (Å²) < 4.78 is 0. The van der Waals surface area contributed by atoms with Crippen molar-refractivity contribution in [2.45, 2.75) is 46.6 Å². The van der Waals surface area contributed by atoms with Crippen molar-refractivity contribution in [1.29, 1.82) is 0 Å². The molecule has 1 aromatic heterocycles. The Morgan fingerprint density at radius 2 is 2.20 bits per heavy atom. The maximum absolute atomic E-state index is 12.2. The highest BCUT2D eigenvalue weighted by Crippen LogP contribution is 2.21. The van der Waals surface area contributed by atoms with Crippen molar-refractivity contribution >= 4 is 17.2 Å². The lowest BCUT2D eigenvalue weighted by Crippen LogP contribution is -2.33. The van der Waals surface area contributed by atoms with E-state index in [1.165, 1.54) is 11.3 Å². The highest BCUT2D eigenvalue weighted by Gasteiger charge is 2.15. The standard InChI is InChI=1S/C16H23NO2S/c1-5-11(2)9-13(4)17-16(19)15-10-12(3)14(20-15)7-6-8-18/h10-11,13,18H,5,8-9H2,1-4H3,(H,17,19). The second-order valence-corrected chi connectivity index (χ2v) is 6.26. The summed E-state index contributed by atoms with van der Waals surface area (Å²) in [7, 11) is 0. The van der Waals surface area contributed by atoms with Gasteiger partial charge in [-0.1, -0.05) is 32.1 Å². The van der Waals surface area contributed by atoms with Gasteiger partial charge in [0.05, 0.1) is 9.75 Å². The molecular formula is C16H23NO2S. The second kappa shape index (κ2) is 8.08. The van der Waals surface area contributed by atoms with Gasteiger partial charge in [0.1, 0.15) is 6.61 Å². The predicted octanol–water partition coefficient (Wildman–Crippen LogP) is 2.95. The van der Waals surface area contributed by atoms with Crippen LogP contribution >= 0.6 is 11.3 Å². The minimum absolute atomic E-state index is 0.0362. The summed E-state index contributed by atoms with van der Waals surface area (Å²) in [6.45, 7) is 8.16. The molecule has 0 aromatic carbocycles. The molecule has 110 valence electrons. The van der Waals surface area contributed by atoms with Gasteiger partial charge in [-0.3, -0.25) is 4.79 Å². The summed E-state index contributed by atoms with van der Waals surface area (Å²) in [5.41, 5.74) is 0.982. The molecule has 0 aliphatic carbocycles. The fourth-order valence-corrected chi connectivity index (χ4v) is 2.91. The third-order valence-electron chi connectivity index (χ3n) is 3.25. The first-order chi connectivity index (χ1) is 9.47. The van der Waals surface area contributed by atoms with Crippen LogP contribution in [0.25, 0.3) is 0 Å². The van der Waals surface area contributed by atoms with Crippen LogP contribution in [0.4, 0.5) is 0 Å². The van der Waals surface area contributed by atoms with Crippen molar-refractivity contribution in [3.8, 4) is 11.8 Å². The molecule has 1 aromatic rings. The van der Waals surface area contributed by atoms with Crippen molar-refractivity contribution in [3.05, 3.63) is 21.4 Å². The zero-order chi connectivity index (χ0) is 15.1. The largest absolute Gasteiger partial charge is 0.384 e. The first kappa shape index (κ1) is 16.7. The van der Waals surface area contributed by atoms with Crippen LogP contribution in [-0.2, 0) is 0 Å². The summed E-state index contributed by atoms with van der Waals surface area (Å²) in [6, 6.07) is 2.03. The number of hydrogen-bond acceptors (Lipinski definition) is 3. The fourth-order valence-electron chi connectivity index (χ4n) is 1.96. The molecule has 0 fully saturated rings. The molecule has 0 aliphatic heterocycles. The van der Waals surface area contributed by atoms with Crippen LogP contribution in [0.2, 0.25) is 0 Å². The molecule has 0 saturated carbocycles. The predicted molar refractivity (Wildman–Crippen MR) is 84.0 cm³/mol. The Morgan fingerprint density at radius 1 is 1.50 bits per heavy atom. The van der Waals surface area contributed by atoms with E-state index in [1.807, 2.05) is 19.9 Å². The number of hydrogen-bond donors (Lipinski definition) is 2. The van der Waals surface area contributed by atoms with E-state index >= 15 is 0 Å². The first-order valence-corrected chi connectivity index (χ1v) is 7.80. The summed E-state index contributed by atoms with van der Waals surface area (Å²) in [4.78, 5) is 13.7. The van der Waals surface area contributed by atoms with E-state index in [4.69, 9.17) is 5.11 Å². The number of thiophene rings is 1. The molecule has 1 amide bonds. The molecule has 1 rings (SSSR count). The molecule has 0 saturated heterocycles. The molecule has 2 unspecified atom stereocenters. The molecule has 0 aliphatic rings. The van der Waals surface area contributed by atoms with E-state index < -0.39 is 0 Å². The molecule has 2 N–H and O–H groups in total.